The number of Topliss-reactive ketones (excluding diaryl/α,β-unsaturated/α-hetero) is 1. The zero-order valence-electron chi connectivity index (χ0n) is 15.6. The van der Waals surface area contributed by atoms with Crippen LogP contribution in [0.2, 0.25) is 0 Å². The third-order valence-electron chi connectivity index (χ3n) is 4.74. The number of nitrogens with two attached hydrogens (primary N) is 1. The van der Waals surface area contributed by atoms with E-state index in [1.165, 1.54) is 12.3 Å². The van der Waals surface area contributed by atoms with E-state index in [4.69, 9.17) is 10.8 Å². The Morgan fingerprint density at radius 1 is 1.14 bits per heavy atom. The molecule has 150 valence electrons. The molecule has 2 aromatic carbocycles. The minimum absolute atomic E-state index is 0.0998. The van der Waals surface area contributed by atoms with Gasteiger partial charge in [0.1, 0.15) is 17.6 Å². The van der Waals surface area contributed by atoms with Crippen LogP contribution in [0.25, 0.3) is 11.1 Å². The largest absolute Gasteiger partial charge is 0.480 e. The smallest absolute Gasteiger partial charge is 0.320 e. The molecule has 7 nitrogen and oxygen atoms in total. The third-order valence-corrected chi connectivity index (χ3v) is 4.74. The fourth-order valence-electron chi connectivity index (χ4n) is 3.25. The normalized spacial score (nSPS) is 13.0. The van der Waals surface area contributed by atoms with Crippen molar-refractivity contribution >= 4 is 11.8 Å². The van der Waals surface area contributed by atoms with Crippen LogP contribution in [0.5, 0.6) is 0 Å². The van der Waals surface area contributed by atoms with Gasteiger partial charge in [-0.25, -0.2) is 4.39 Å². The summed E-state index contributed by atoms with van der Waals surface area (Å²) in [5, 5.41) is 18.9. The Morgan fingerprint density at radius 2 is 1.86 bits per heavy atom. The molecule has 0 saturated carbocycles. The minimum Gasteiger partial charge on any atom is -0.480 e. The molecule has 2 atom stereocenters. The maximum absolute atomic E-state index is 14.0. The highest BCUT2D eigenvalue weighted by Gasteiger charge is 2.23. The summed E-state index contributed by atoms with van der Waals surface area (Å²) in [6.45, 7) is 0. The van der Waals surface area contributed by atoms with E-state index < -0.39 is 12.0 Å². The van der Waals surface area contributed by atoms with Crippen LogP contribution in [0.3, 0.4) is 0 Å². The quantitative estimate of drug-likeness (QED) is 0.478. The lowest BCUT2D eigenvalue weighted by Gasteiger charge is -2.18. The van der Waals surface area contributed by atoms with E-state index in [0.29, 0.717) is 12.0 Å². The third kappa shape index (κ3) is 5.32. The number of carboxylic acid groups (broad SMARTS) is 1. The fourth-order valence-corrected chi connectivity index (χ4v) is 3.25. The van der Waals surface area contributed by atoms with E-state index in [-0.39, 0.29) is 36.1 Å². The molecule has 1 aromatic heterocycles. The number of rotatable bonds is 9. The zero-order chi connectivity index (χ0) is 20.8. The highest BCUT2D eigenvalue weighted by atomic mass is 19.1. The van der Waals surface area contributed by atoms with Gasteiger partial charge < -0.3 is 10.8 Å². The van der Waals surface area contributed by atoms with Crippen molar-refractivity contribution in [1.82, 2.24) is 15.4 Å². The number of aliphatic carboxylic acids is 1. The van der Waals surface area contributed by atoms with Crippen molar-refractivity contribution in [2.75, 3.05) is 0 Å². The monoisotopic (exact) mass is 396 g/mol. The molecule has 29 heavy (non-hydrogen) atoms. The molecule has 0 aliphatic carbocycles. The molecule has 0 amide bonds. The number of carbonyl (C=O) groups is 2. The number of aromatic amines is 1. The van der Waals surface area contributed by atoms with Crippen LogP contribution in [-0.4, -0.2) is 38.3 Å². The van der Waals surface area contributed by atoms with Gasteiger partial charge in [-0.15, -0.1) is 0 Å². The predicted octanol–water partition coefficient (Wildman–Crippen LogP) is 2.84. The first-order valence-electron chi connectivity index (χ1n) is 9.15. The molecule has 0 saturated heterocycles. The molecule has 8 heteroatoms. The molecular formula is C21H21FN4O3. The van der Waals surface area contributed by atoms with Gasteiger partial charge in [0.2, 0.25) is 0 Å². The number of aromatic nitrogens is 3. The van der Waals surface area contributed by atoms with Crippen LogP contribution >= 0.6 is 0 Å². The van der Waals surface area contributed by atoms with E-state index >= 15 is 0 Å². The summed E-state index contributed by atoms with van der Waals surface area (Å²) in [7, 11) is 0. The van der Waals surface area contributed by atoms with Crippen LogP contribution in [0, 0.1) is 11.7 Å². The Kier molecular flexibility index (Phi) is 6.46. The number of benzene rings is 2. The Hall–Kier alpha value is -3.39. The number of H-pyrrole nitrogens is 1. The topological polar surface area (TPSA) is 122 Å². The molecule has 0 radical (unpaired) electrons. The van der Waals surface area contributed by atoms with Crippen LogP contribution in [-0.2, 0) is 11.2 Å². The lowest BCUT2D eigenvalue weighted by molar-refractivity contribution is -0.138. The van der Waals surface area contributed by atoms with E-state index in [1.807, 2.05) is 12.1 Å². The second kappa shape index (κ2) is 9.20. The van der Waals surface area contributed by atoms with E-state index in [1.54, 1.807) is 30.3 Å². The van der Waals surface area contributed by atoms with Crippen molar-refractivity contribution in [3.8, 4) is 11.1 Å². The SMILES string of the molecule is N[C@H](C[C@H](CC(=O)c1cn[nH]n1)Cc1ccc(-c2ccccc2F)cc1)C(=O)O. The van der Waals surface area contributed by atoms with Gasteiger partial charge in [0, 0.05) is 12.0 Å². The Labute approximate surface area is 166 Å². The van der Waals surface area contributed by atoms with Crippen LogP contribution in [0.4, 0.5) is 4.39 Å². The van der Waals surface area contributed by atoms with Crippen molar-refractivity contribution in [2.45, 2.75) is 25.3 Å². The number of nitrogens with one attached hydrogen (secondary N) is 1. The molecule has 4 N–H and O–H groups in total. The summed E-state index contributed by atoms with van der Waals surface area (Å²) in [6.07, 6.45) is 2.04. The van der Waals surface area contributed by atoms with Crippen molar-refractivity contribution in [3.05, 3.63) is 71.8 Å². The summed E-state index contributed by atoms with van der Waals surface area (Å²) in [6, 6.07) is 12.8. The first-order chi connectivity index (χ1) is 13.9. The van der Waals surface area contributed by atoms with Crippen LogP contribution < -0.4 is 5.73 Å². The Morgan fingerprint density at radius 3 is 2.48 bits per heavy atom. The second-order valence-electron chi connectivity index (χ2n) is 6.91. The van der Waals surface area contributed by atoms with Crippen LogP contribution in [0.1, 0.15) is 28.9 Å². The van der Waals surface area contributed by atoms with Gasteiger partial charge in [-0.2, -0.15) is 15.4 Å². The number of ketones is 1. The molecule has 1 heterocycles. The van der Waals surface area contributed by atoms with E-state index in [9.17, 15) is 14.0 Å². The average molecular weight is 396 g/mol. The fraction of sp³-hybridized carbons (Fsp3) is 0.238. The number of carboxylic acids is 1. The molecule has 3 aromatic rings. The maximum atomic E-state index is 14.0. The van der Waals surface area contributed by atoms with Gasteiger partial charge in [-0.3, -0.25) is 9.59 Å². The molecule has 0 aliphatic rings. The zero-order valence-corrected chi connectivity index (χ0v) is 15.6. The highest BCUT2D eigenvalue weighted by Crippen LogP contribution is 2.25. The minimum atomic E-state index is -1.11. The molecule has 0 spiro atoms. The van der Waals surface area contributed by atoms with Gasteiger partial charge in [0.05, 0.1) is 6.20 Å². The molecule has 0 aliphatic heterocycles. The van der Waals surface area contributed by atoms with E-state index in [2.05, 4.69) is 15.4 Å². The van der Waals surface area contributed by atoms with Gasteiger partial charge in [0.15, 0.2) is 5.78 Å². The number of halogens is 1. The number of hydrogen-bond acceptors (Lipinski definition) is 5. The lowest BCUT2D eigenvalue weighted by Crippen LogP contribution is -2.33. The number of carbonyl (C=O) groups excluding carboxylic acids is 1. The first-order valence-corrected chi connectivity index (χ1v) is 9.15. The summed E-state index contributed by atoms with van der Waals surface area (Å²) in [4.78, 5) is 23.5. The standard InChI is InChI=1S/C21H21FN4O3/c22-17-4-2-1-3-16(17)15-7-5-13(6-8-15)9-14(10-18(23)21(28)29)11-20(27)19-12-24-26-25-19/h1-8,12,14,18H,9-11,23H2,(H,28,29)(H,24,25,26)/t14-,18-/m1/s1. The number of hydrogen-bond donors (Lipinski definition) is 3. The van der Waals surface area contributed by atoms with E-state index in [0.717, 1.165) is 11.1 Å². The first kappa shape index (κ1) is 20.3. The maximum Gasteiger partial charge on any atom is 0.320 e. The number of nitrogens with zero attached hydrogens (tertiary/aromatic N) is 2. The summed E-state index contributed by atoms with van der Waals surface area (Å²) in [5.74, 6) is -1.93. The summed E-state index contributed by atoms with van der Waals surface area (Å²) >= 11 is 0. The lowest BCUT2D eigenvalue weighted by atomic mass is 9.87. The van der Waals surface area contributed by atoms with Gasteiger partial charge in [-0.1, -0.05) is 42.5 Å². The molecular weight excluding hydrogens is 375 g/mol. The van der Waals surface area contributed by atoms with Gasteiger partial charge >= 0.3 is 5.97 Å². The second-order valence-corrected chi connectivity index (χ2v) is 6.91. The molecule has 0 unspecified atom stereocenters. The molecule has 0 bridgehead atoms. The van der Waals surface area contributed by atoms with Crippen molar-refractivity contribution in [2.24, 2.45) is 11.7 Å². The van der Waals surface area contributed by atoms with Crippen LogP contribution in [0.15, 0.2) is 54.7 Å². The Balaban J connectivity index is 1.75. The summed E-state index contributed by atoms with van der Waals surface area (Å²) < 4.78 is 14.0. The van der Waals surface area contributed by atoms with Gasteiger partial charge in [-0.05, 0) is 36.0 Å². The summed E-state index contributed by atoms with van der Waals surface area (Å²) in [5.41, 5.74) is 8.05. The van der Waals surface area contributed by atoms with Crippen molar-refractivity contribution in [1.29, 1.82) is 0 Å². The highest BCUT2D eigenvalue weighted by molar-refractivity contribution is 5.94. The van der Waals surface area contributed by atoms with Crippen molar-refractivity contribution in [3.63, 3.8) is 0 Å². The molecule has 0 fully saturated rings. The molecule has 3 rings (SSSR count). The predicted molar refractivity (Wildman–Crippen MR) is 105 cm³/mol. The Bertz CT molecular complexity index is 974. The average Bonchev–Trinajstić information content (AvgIpc) is 3.24. The van der Waals surface area contributed by atoms with Gasteiger partial charge in [0.25, 0.3) is 0 Å². The van der Waals surface area contributed by atoms with Crippen molar-refractivity contribution < 1.29 is 19.1 Å².